The molecule has 1 unspecified atom stereocenters. The molecule has 74 valence electrons. The summed E-state index contributed by atoms with van der Waals surface area (Å²) in [6, 6.07) is 2.92. The van der Waals surface area contributed by atoms with Gasteiger partial charge in [-0.05, 0) is 24.0 Å². The van der Waals surface area contributed by atoms with Crippen LogP contribution in [-0.4, -0.2) is 9.82 Å². The summed E-state index contributed by atoms with van der Waals surface area (Å²) in [5.74, 6) is 0. The molecule has 0 heterocycles. The second-order valence-corrected chi connectivity index (χ2v) is 3.93. The number of benzene rings is 1. The molecule has 0 aliphatic rings. The number of rotatable bonds is 2. The summed E-state index contributed by atoms with van der Waals surface area (Å²) in [5, 5.41) is 10.5. The number of hydrogen-bond acceptors (Lipinski definition) is 3. The van der Waals surface area contributed by atoms with Gasteiger partial charge in [-0.25, -0.2) is 0 Å². The summed E-state index contributed by atoms with van der Waals surface area (Å²) in [5.41, 5.74) is 0.913. The smallest absolute Gasteiger partial charge is 0.258 e. The minimum Gasteiger partial charge on any atom is -0.258 e. The van der Waals surface area contributed by atoms with Crippen LogP contribution in [0.1, 0.15) is 11.1 Å². The molecule has 0 aliphatic heterocycles. The molecule has 1 aromatic carbocycles. The second-order valence-electron chi connectivity index (χ2n) is 2.91. The quantitative estimate of drug-likeness (QED) is 0.460. The van der Waals surface area contributed by atoms with Crippen LogP contribution >= 0.6 is 8.03 Å². The van der Waals surface area contributed by atoms with E-state index in [1.807, 2.05) is 0 Å². The van der Waals surface area contributed by atoms with E-state index in [4.69, 9.17) is 4.89 Å². The Bertz CT molecular complexity index is 416. The van der Waals surface area contributed by atoms with Crippen molar-refractivity contribution in [1.82, 2.24) is 0 Å². The maximum Gasteiger partial charge on any atom is 0.553 e. The first-order valence-electron chi connectivity index (χ1n) is 3.86. The molecule has 1 N–H and O–H groups in total. The van der Waals surface area contributed by atoms with Gasteiger partial charge < -0.3 is 0 Å². The zero-order valence-corrected chi connectivity index (χ0v) is 8.62. The largest absolute Gasteiger partial charge is 0.553 e. The van der Waals surface area contributed by atoms with E-state index in [-0.39, 0.29) is 11.0 Å². The Hall–Kier alpha value is -1.32. The van der Waals surface area contributed by atoms with Gasteiger partial charge in [0.25, 0.3) is 0 Å². The van der Waals surface area contributed by atoms with E-state index in [9.17, 15) is 14.7 Å². The SMILES string of the molecule is Cc1ccc([P+](=O)O)c([N+](=O)[O-])c1C. The molecule has 0 aromatic heterocycles. The predicted octanol–water partition coefficient (Wildman–Crippen LogP) is 1.57. The number of nitro groups is 1. The van der Waals surface area contributed by atoms with Crippen LogP contribution in [0.3, 0.4) is 0 Å². The van der Waals surface area contributed by atoms with Crippen molar-refractivity contribution in [3.05, 3.63) is 33.4 Å². The maximum atomic E-state index is 10.8. The van der Waals surface area contributed by atoms with Gasteiger partial charge in [-0.3, -0.25) is 10.1 Å². The lowest BCUT2D eigenvalue weighted by Gasteiger charge is -1.99. The average Bonchev–Trinajstić information content (AvgIpc) is 2.08. The van der Waals surface area contributed by atoms with Gasteiger partial charge in [0, 0.05) is 11.6 Å². The van der Waals surface area contributed by atoms with Gasteiger partial charge in [0.1, 0.15) is 0 Å². The van der Waals surface area contributed by atoms with Gasteiger partial charge in [0.2, 0.25) is 0 Å². The second kappa shape index (κ2) is 3.82. The van der Waals surface area contributed by atoms with Crippen molar-refractivity contribution < 1.29 is 14.4 Å². The molecule has 0 spiro atoms. The van der Waals surface area contributed by atoms with E-state index < -0.39 is 13.0 Å². The molecule has 0 aliphatic carbocycles. The third kappa shape index (κ3) is 1.78. The van der Waals surface area contributed by atoms with Gasteiger partial charge in [-0.15, -0.1) is 0 Å². The van der Waals surface area contributed by atoms with E-state index >= 15 is 0 Å². The molecule has 0 saturated carbocycles. The van der Waals surface area contributed by atoms with E-state index in [0.29, 0.717) is 5.56 Å². The van der Waals surface area contributed by atoms with Crippen LogP contribution in [0, 0.1) is 24.0 Å². The standard InChI is InChI=1S/C8H8NO4P/c1-5-3-4-7(14(12)13)8(6(5)2)9(10)11/h3-4H,1-2H3/p+1. The van der Waals surface area contributed by atoms with E-state index in [0.717, 1.165) is 5.56 Å². The maximum absolute atomic E-state index is 10.8. The molecule has 14 heavy (non-hydrogen) atoms. The van der Waals surface area contributed by atoms with Crippen LogP contribution in [0.5, 0.6) is 0 Å². The van der Waals surface area contributed by atoms with Crippen molar-refractivity contribution in [2.24, 2.45) is 0 Å². The summed E-state index contributed by atoms with van der Waals surface area (Å²) < 4.78 is 10.8. The van der Waals surface area contributed by atoms with E-state index in [2.05, 4.69) is 0 Å². The normalized spacial score (nSPS) is 11.2. The first kappa shape index (κ1) is 10.8. The molecular formula is C8H9NO4P+. The molecule has 1 rings (SSSR count). The zero-order chi connectivity index (χ0) is 10.9. The third-order valence-electron chi connectivity index (χ3n) is 2.07. The number of nitrogens with zero attached hydrogens (tertiary/aromatic N) is 1. The van der Waals surface area contributed by atoms with Gasteiger partial charge >= 0.3 is 19.0 Å². The highest BCUT2D eigenvalue weighted by atomic mass is 31.1. The van der Waals surface area contributed by atoms with Gasteiger partial charge in [-0.1, -0.05) is 6.07 Å². The van der Waals surface area contributed by atoms with Crippen molar-refractivity contribution in [1.29, 1.82) is 0 Å². The molecule has 6 heteroatoms. The summed E-state index contributed by atoms with van der Waals surface area (Å²) >= 11 is 0. The molecule has 1 atom stereocenters. The minimum absolute atomic E-state index is 0.117. The molecule has 0 amide bonds. The van der Waals surface area contributed by atoms with Crippen LogP contribution in [-0.2, 0) is 4.57 Å². The van der Waals surface area contributed by atoms with Crippen molar-refractivity contribution in [2.75, 3.05) is 0 Å². The Balaban J connectivity index is 3.53. The van der Waals surface area contributed by atoms with Crippen molar-refractivity contribution in [2.45, 2.75) is 13.8 Å². The number of nitro benzene ring substituents is 1. The van der Waals surface area contributed by atoms with Gasteiger partial charge in [0.05, 0.1) is 4.92 Å². The summed E-state index contributed by atoms with van der Waals surface area (Å²) in [7, 11) is -2.67. The molecule has 1 aromatic rings. The molecule has 0 radical (unpaired) electrons. The Morgan fingerprint density at radius 2 is 2.00 bits per heavy atom. The highest BCUT2D eigenvalue weighted by Gasteiger charge is 2.32. The first-order valence-corrected chi connectivity index (χ1v) is 5.07. The van der Waals surface area contributed by atoms with Crippen LogP contribution in [0.4, 0.5) is 5.69 Å². The Kier molecular flexibility index (Phi) is 2.93. The van der Waals surface area contributed by atoms with Crippen LogP contribution in [0.25, 0.3) is 0 Å². The van der Waals surface area contributed by atoms with E-state index in [1.54, 1.807) is 19.9 Å². The predicted molar refractivity (Wildman–Crippen MR) is 52.0 cm³/mol. The first-order chi connectivity index (χ1) is 6.45. The molecule has 0 saturated heterocycles. The minimum atomic E-state index is -2.67. The molecule has 0 fully saturated rings. The highest BCUT2D eigenvalue weighted by Crippen LogP contribution is 2.26. The summed E-state index contributed by atoms with van der Waals surface area (Å²) in [6.07, 6.45) is 0. The van der Waals surface area contributed by atoms with Crippen molar-refractivity contribution >= 4 is 19.0 Å². The zero-order valence-electron chi connectivity index (χ0n) is 7.72. The van der Waals surface area contributed by atoms with Crippen molar-refractivity contribution in [3.8, 4) is 0 Å². The number of aryl methyl sites for hydroxylation is 1. The molecule has 5 nitrogen and oxygen atoms in total. The lowest BCUT2D eigenvalue weighted by atomic mass is 10.1. The highest BCUT2D eigenvalue weighted by molar-refractivity contribution is 7.47. The summed E-state index contributed by atoms with van der Waals surface area (Å²) in [4.78, 5) is 18.9. The fourth-order valence-electron chi connectivity index (χ4n) is 1.17. The molecular weight excluding hydrogens is 205 g/mol. The Morgan fingerprint density at radius 1 is 1.43 bits per heavy atom. The summed E-state index contributed by atoms with van der Waals surface area (Å²) in [6.45, 7) is 3.28. The van der Waals surface area contributed by atoms with Gasteiger partial charge in [0.15, 0.2) is 0 Å². The monoisotopic (exact) mass is 214 g/mol. The Labute approximate surface area is 81.4 Å². The third-order valence-corrected chi connectivity index (χ3v) is 2.84. The lowest BCUT2D eigenvalue weighted by molar-refractivity contribution is -0.384. The fraction of sp³-hybridized carbons (Fsp3) is 0.250. The number of hydrogen-bond donors (Lipinski definition) is 1. The Morgan fingerprint density at radius 3 is 2.43 bits per heavy atom. The topological polar surface area (TPSA) is 80.4 Å². The average molecular weight is 214 g/mol. The van der Waals surface area contributed by atoms with E-state index in [1.165, 1.54) is 6.07 Å². The fourth-order valence-corrected chi connectivity index (χ4v) is 1.80. The lowest BCUT2D eigenvalue weighted by Crippen LogP contribution is -2.08. The van der Waals surface area contributed by atoms with Crippen LogP contribution in [0.15, 0.2) is 12.1 Å². The van der Waals surface area contributed by atoms with Crippen LogP contribution < -0.4 is 5.30 Å². The van der Waals surface area contributed by atoms with Crippen LogP contribution in [0.2, 0.25) is 0 Å². The van der Waals surface area contributed by atoms with Crippen molar-refractivity contribution in [3.63, 3.8) is 0 Å². The molecule has 0 bridgehead atoms. The van der Waals surface area contributed by atoms with Gasteiger partial charge in [-0.2, -0.15) is 4.89 Å².